The molecule has 0 N–H and O–H groups in total. The van der Waals surface area contributed by atoms with Crippen LogP contribution in [0.3, 0.4) is 0 Å². The van der Waals surface area contributed by atoms with E-state index in [1.807, 2.05) is 30.3 Å². The molecule has 0 bridgehead atoms. The number of benzene rings is 1. The lowest BCUT2D eigenvalue weighted by atomic mass is 10.2. The summed E-state index contributed by atoms with van der Waals surface area (Å²) in [7, 11) is 0. The van der Waals surface area contributed by atoms with Gasteiger partial charge >= 0.3 is 0 Å². The average molecular weight is 247 g/mol. The van der Waals surface area contributed by atoms with Crippen molar-refractivity contribution in [3.63, 3.8) is 0 Å². The summed E-state index contributed by atoms with van der Waals surface area (Å²) in [6.45, 7) is 1.25. The number of fused-ring (bicyclic) bond motifs is 1. The van der Waals surface area contributed by atoms with Gasteiger partial charge in [-0.3, -0.25) is 4.79 Å². The highest BCUT2D eigenvalue weighted by Gasteiger charge is 2.27. The average Bonchev–Trinajstić information content (AvgIpc) is 2.82. The number of para-hydroxylation sites is 1. The molecule has 1 unspecified atom stereocenters. The Morgan fingerprint density at radius 3 is 2.94 bits per heavy atom. The first-order chi connectivity index (χ1) is 8.22. The van der Waals surface area contributed by atoms with E-state index in [0.29, 0.717) is 19.5 Å². The second kappa shape index (κ2) is 4.11. The van der Waals surface area contributed by atoms with Crippen LogP contribution >= 0.6 is 12.6 Å². The molecule has 1 aromatic carbocycles. The monoisotopic (exact) mass is 247 g/mol. The summed E-state index contributed by atoms with van der Waals surface area (Å²) in [5.41, 5.74) is 0.872. The zero-order valence-corrected chi connectivity index (χ0v) is 10.2. The Morgan fingerprint density at radius 2 is 2.24 bits per heavy atom. The second-order valence-electron chi connectivity index (χ2n) is 4.38. The van der Waals surface area contributed by atoms with Gasteiger partial charge in [0.2, 0.25) is 5.91 Å². The zero-order valence-electron chi connectivity index (χ0n) is 9.30. The molecule has 2 heterocycles. The molecule has 1 aliphatic heterocycles. The fraction of sp³-hybridized carbons (Fsp3) is 0.308. The summed E-state index contributed by atoms with van der Waals surface area (Å²) in [6.07, 6.45) is 0.531. The molecule has 1 amide bonds. The highest BCUT2D eigenvalue weighted by Crippen LogP contribution is 2.23. The van der Waals surface area contributed by atoms with E-state index in [-0.39, 0.29) is 11.2 Å². The van der Waals surface area contributed by atoms with E-state index in [1.165, 1.54) is 0 Å². The molecule has 0 aliphatic carbocycles. The number of rotatable bonds is 2. The van der Waals surface area contributed by atoms with Crippen LogP contribution in [0.25, 0.3) is 11.0 Å². The SMILES string of the molecule is O=C1CC(S)CN1Cc1cc2ccccc2o1. The minimum Gasteiger partial charge on any atom is -0.459 e. The van der Waals surface area contributed by atoms with Crippen LogP contribution in [0.2, 0.25) is 0 Å². The maximum Gasteiger partial charge on any atom is 0.224 e. The van der Waals surface area contributed by atoms with Crippen LogP contribution < -0.4 is 0 Å². The van der Waals surface area contributed by atoms with Crippen molar-refractivity contribution in [3.05, 3.63) is 36.1 Å². The van der Waals surface area contributed by atoms with E-state index in [1.54, 1.807) is 4.90 Å². The highest BCUT2D eigenvalue weighted by atomic mass is 32.1. The van der Waals surface area contributed by atoms with E-state index < -0.39 is 0 Å². The zero-order chi connectivity index (χ0) is 11.8. The smallest absolute Gasteiger partial charge is 0.224 e. The third-order valence-corrected chi connectivity index (χ3v) is 3.36. The Kier molecular flexibility index (Phi) is 2.59. The summed E-state index contributed by atoms with van der Waals surface area (Å²) >= 11 is 4.33. The fourth-order valence-electron chi connectivity index (χ4n) is 2.21. The number of carbonyl (C=O) groups is 1. The Balaban J connectivity index is 1.83. The van der Waals surface area contributed by atoms with Gasteiger partial charge in [0.1, 0.15) is 11.3 Å². The van der Waals surface area contributed by atoms with Gasteiger partial charge in [0.25, 0.3) is 0 Å². The number of amides is 1. The molecule has 4 heteroatoms. The van der Waals surface area contributed by atoms with E-state index in [4.69, 9.17) is 4.42 Å². The number of furan rings is 1. The van der Waals surface area contributed by atoms with Crippen molar-refractivity contribution in [1.29, 1.82) is 0 Å². The molecule has 3 nitrogen and oxygen atoms in total. The summed E-state index contributed by atoms with van der Waals surface area (Å²) in [5.74, 6) is 0.993. The van der Waals surface area contributed by atoms with Gasteiger partial charge < -0.3 is 9.32 Å². The van der Waals surface area contributed by atoms with Crippen molar-refractivity contribution >= 4 is 29.5 Å². The second-order valence-corrected chi connectivity index (χ2v) is 5.11. The van der Waals surface area contributed by atoms with Gasteiger partial charge in [-0.2, -0.15) is 12.6 Å². The molecule has 1 fully saturated rings. The Morgan fingerprint density at radius 1 is 1.41 bits per heavy atom. The molecular weight excluding hydrogens is 234 g/mol. The summed E-state index contributed by atoms with van der Waals surface area (Å²) < 4.78 is 5.69. The molecule has 0 radical (unpaired) electrons. The number of thiol groups is 1. The third kappa shape index (κ3) is 2.05. The third-order valence-electron chi connectivity index (χ3n) is 3.02. The van der Waals surface area contributed by atoms with Crippen LogP contribution in [0.1, 0.15) is 12.2 Å². The van der Waals surface area contributed by atoms with Crippen molar-refractivity contribution in [2.45, 2.75) is 18.2 Å². The molecule has 3 rings (SSSR count). The number of hydrogen-bond donors (Lipinski definition) is 1. The van der Waals surface area contributed by atoms with Gasteiger partial charge in [-0.25, -0.2) is 0 Å². The Bertz CT molecular complexity index is 530. The molecule has 1 aromatic heterocycles. The van der Waals surface area contributed by atoms with Gasteiger partial charge in [-0.15, -0.1) is 0 Å². The lowest BCUT2D eigenvalue weighted by Gasteiger charge is -2.13. The normalized spacial score (nSPS) is 20.4. The summed E-state index contributed by atoms with van der Waals surface area (Å²) in [6, 6.07) is 9.86. The van der Waals surface area contributed by atoms with Crippen LogP contribution in [0.4, 0.5) is 0 Å². The van der Waals surface area contributed by atoms with Crippen molar-refractivity contribution in [1.82, 2.24) is 4.90 Å². The highest BCUT2D eigenvalue weighted by molar-refractivity contribution is 7.81. The number of likely N-dealkylation sites (tertiary alicyclic amines) is 1. The summed E-state index contributed by atoms with van der Waals surface area (Å²) in [5, 5.41) is 1.24. The molecule has 88 valence electrons. The number of carbonyl (C=O) groups excluding carboxylic acids is 1. The first kappa shape index (κ1) is 10.7. The van der Waals surface area contributed by atoms with Crippen LogP contribution in [0, 0.1) is 0 Å². The molecule has 0 spiro atoms. The van der Waals surface area contributed by atoms with E-state index in [9.17, 15) is 4.79 Å². The molecule has 1 saturated heterocycles. The fourth-order valence-corrected chi connectivity index (χ4v) is 2.56. The molecule has 2 aromatic rings. The van der Waals surface area contributed by atoms with E-state index in [0.717, 1.165) is 16.7 Å². The van der Waals surface area contributed by atoms with Gasteiger partial charge in [-0.1, -0.05) is 18.2 Å². The van der Waals surface area contributed by atoms with Gasteiger partial charge in [0, 0.05) is 23.6 Å². The van der Waals surface area contributed by atoms with E-state index >= 15 is 0 Å². The van der Waals surface area contributed by atoms with Crippen molar-refractivity contribution < 1.29 is 9.21 Å². The Labute approximate surface area is 105 Å². The molecule has 0 saturated carbocycles. The van der Waals surface area contributed by atoms with Crippen molar-refractivity contribution in [2.24, 2.45) is 0 Å². The predicted molar refractivity (Wildman–Crippen MR) is 69.0 cm³/mol. The predicted octanol–water partition coefficient (Wildman–Crippen LogP) is 2.46. The number of hydrogen-bond acceptors (Lipinski definition) is 3. The first-order valence-electron chi connectivity index (χ1n) is 5.65. The topological polar surface area (TPSA) is 33.5 Å². The van der Waals surface area contributed by atoms with Crippen LogP contribution in [-0.2, 0) is 11.3 Å². The van der Waals surface area contributed by atoms with Crippen LogP contribution in [0.15, 0.2) is 34.7 Å². The van der Waals surface area contributed by atoms with Gasteiger partial charge in [0.15, 0.2) is 0 Å². The van der Waals surface area contributed by atoms with Crippen molar-refractivity contribution in [2.75, 3.05) is 6.54 Å². The lowest BCUT2D eigenvalue weighted by molar-refractivity contribution is -0.128. The number of nitrogens with zero attached hydrogens (tertiary/aromatic N) is 1. The standard InChI is InChI=1S/C13H13NO2S/c15-13-6-11(17)8-14(13)7-10-5-9-3-1-2-4-12(9)16-10/h1-5,11,17H,6-8H2. The van der Waals surface area contributed by atoms with Gasteiger partial charge in [0.05, 0.1) is 6.54 Å². The minimum atomic E-state index is 0.158. The van der Waals surface area contributed by atoms with Crippen LogP contribution in [-0.4, -0.2) is 22.6 Å². The Hall–Kier alpha value is -1.42. The maximum atomic E-state index is 11.6. The molecular formula is C13H13NO2S. The summed E-state index contributed by atoms with van der Waals surface area (Å²) in [4.78, 5) is 13.4. The van der Waals surface area contributed by atoms with E-state index in [2.05, 4.69) is 12.6 Å². The molecule has 1 atom stereocenters. The minimum absolute atomic E-state index is 0.158. The molecule has 17 heavy (non-hydrogen) atoms. The van der Waals surface area contributed by atoms with Gasteiger partial charge in [-0.05, 0) is 12.1 Å². The molecule has 1 aliphatic rings. The maximum absolute atomic E-state index is 11.6. The first-order valence-corrected chi connectivity index (χ1v) is 6.17. The van der Waals surface area contributed by atoms with Crippen LogP contribution in [0.5, 0.6) is 0 Å². The largest absolute Gasteiger partial charge is 0.459 e. The lowest BCUT2D eigenvalue weighted by Crippen LogP contribution is -2.24. The van der Waals surface area contributed by atoms with Crippen molar-refractivity contribution in [3.8, 4) is 0 Å². The quantitative estimate of drug-likeness (QED) is 0.827.